The van der Waals surface area contributed by atoms with E-state index in [1.165, 1.54) is 0 Å². The number of pyridine rings is 1. The molecule has 4 heterocycles. The number of nitrogens with zero attached hydrogens (tertiary/aromatic N) is 4. The van der Waals surface area contributed by atoms with E-state index >= 15 is 0 Å². The Morgan fingerprint density at radius 1 is 1.34 bits per heavy atom. The van der Waals surface area contributed by atoms with Crippen molar-refractivity contribution >= 4 is 28.6 Å². The van der Waals surface area contributed by atoms with Crippen molar-refractivity contribution in [3.63, 3.8) is 0 Å². The third-order valence-corrected chi connectivity index (χ3v) is 5.41. The van der Waals surface area contributed by atoms with E-state index in [-0.39, 0.29) is 11.8 Å². The zero-order valence-electron chi connectivity index (χ0n) is 16.0. The van der Waals surface area contributed by atoms with Crippen molar-refractivity contribution in [1.82, 2.24) is 9.88 Å². The number of hydrogen-bond acceptors (Lipinski definition) is 8. The van der Waals surface area contributed by atoms with E-state index in [1.54, 1.807) is 25.4 Å². The van der Waals surface area contributed by atoms with Crippen LogP contribution in [0.2, 0.25) is 0 Å². The molecule has 1 fully saturated rings. The van der Waals surface area contributed by atoms with Crippen molar-refractivity contribution in [3.05, 3.63) is 47.3 Å². The molecule has 2 aromatic heterocycles. The second kappa shape index (κ2) is 6.98. The summed E-state index contributed by atoms with van der Waals surface area (Å²) in [5.41, 5.74) is 8.96. The molecule has 0 unspecified atom stereocenters. The third kappa shape index (κ3) is 3.06. The second-order valence-electron chi connectivity index (χ2n) is 7.33. The molecule has 1 saturated heterocycles. The van der Waals surface area contributed by atoms with Crippen molar-refractivity contribution in [3.8, 4) is 11.5 Å². The molecule has 1 aromatic carbocycles. The normalized spacial score (nSPS) is 20.1. The first-order chi connectivity index (χ1) is 14.1. The molecule has 8 nitrogen and oxygen atoms in total. The van der Waals surface area contributed by atoms with Gasteiger partial charge in [-0.2, -0.15) is 0 Å². The highest BCUT2D eigenvalue weighted by atomic mass is 16.5. The molecule has 2 aliphatic rings. The SMILES string of the molecule is COc1ccc2c(O)c(C=C3N=Nc4ncccc43)oc2c1CN1CC[C@H](N)C1. The Bertz CT molecular complexity index is 1150. The van der Waals surface area contributed by atoms with Crippen LogP contribution < -0.4 is 10.5 Å². The number of nitrogens with two attached hydrogens (primary N) is 1. The van der Waals surface area contributed by atoms with E-state index in [9.17, 15) is 5.11 Å². The highest BCUT2D eigenvalue weighted by Crippen LogP contribution is 2.41. The lowest BCUT2D eigenvalue weighted by molar-refractivity contribution is 0.316. The first-order valence-corrected chi connectivity index (χ1v) is 9.52. The average molecular weight is 391 g/mol. The summed E-state index contributed by atoms with van der Waals surface area (Å²) in [5.74, 6) is 1.68. The van der Waals surface area contributed by atoms with Crippen molar-refractivity contribution in [2.75, 3.05) is 20.2 Å². The van der Waals surface area contributed by atoms with Gasteiger partial charge in [0, 0.05) is 43.5 Å². The number of aromatic nitrogens is 1. The summed E-state index contributed by atoms with van der Waals surface area (Å²) in [6.07, 6.45) is 4.33. The highest BCUT2D eigenvalue weighted by Gasteiger charge is 2.25. The molecule has 1 atom stereocenters. The minimum atomic E-state index is 0.0714. The molecule has 3 aromatic rings. The topological polar surface area (TPSA) is 109 Å². The molecular formula is C21H21N5O3. The molecule has 148 valence electrons. The molecule has 5 rings (SSSR count). The van der Waals surface area contributed by atoms with Crippen LogP contribution in [-0.2, 0) is 6.54 Å². The molecule has 0 spiro atoms. The number of fused-ring (bicyclic) bond motifs is 2. The number of azo groups is 1. The lowest BCUT2D eigenvalue weighted by atomic mass is 10.1. The van der Waals surface area contributed by atoms with Crippen LogP contribution in [0.3, 0.4) is 0 Å². The monoisotopic (exact) mass is 391 g/mol. The molecular weight excluding hydrogens is 370 g/mol. The largest absolute Gasteiger partial charge is 0.504 e. The number of ether oxygens (including phenoxy) is 1. The quantitative estimate of drug-likeness (QED) is 0.702. The first-order valence-electron chi connectivity index (χ1n) is 9.52. The molecule has 0 aliphatic carbocycles. The Balaban J connectivity index is 1.58. The number of hydrogen-bond donors (Lipinski definition) is 2. The molecule has 2 aliphatic heterocycles. The van der Waals surface area contributed by atoms with E-state index in [0.717, 1.165) is 36.4 Å². The van der Waals surface area contributed by atoms with Crippen LogP contribution >= 0.6 is 0 Å². The average Bonchev–Trinajstić information content (AvgIpc) is 3.42. The van der Waals surface area contributed by atoms with Gasteiger partial charge in [-0.1, -0.05) is 0 Å². The summed E-state index contributed by atoms with van der Waals surface area (Å²) in [6, 6.07) is 7.56. The van der Waals surface area contributed by atoms with Gasteiger partial charge in [0.05, 0.1) is 18.1 Å². The Morgan fingerprint density at radius 3 is 3.03 bits per heavy atom. The van der Waals surface area contributed by atoms with E-state index in [1.807, 2.05) is 18.2 Å². The van der Waals surface area contributed by atoms with Crippen molar-refractivity contribution in [2.24, 2.45) is 16.0 Å². The summed E-state index contributed by atoms with van der Waals surface area (Å²) in [4.78, 5) is 6.46. The maximum Gasteiger partial charge on any atom is 0.183 e. The standard InChI is InChI=1S/C21H21N5O3/c1-28-17-5-4-14-19(27)18(9-16-13-3-2-7-23-21(13)25-24-16)29-20(14)15(17)11-26-8-6-12(22)10-26/h2-5,7,9,12,27H,6,8,10-11,22H2,1H3/t12-/m0/s1. The van der Waals surface area contributed by atoms with Gasteiger partial charge < -0.3 is 20.0 Å². The summed E-state index contributed by atoms with van der Waals surface area (Å²) < 4.78 is 11.7. The van der Waals surface area contributed by atoms with Crippen LogP contribution in [0.25, 0.3) is 22.7 Å². The summed E-state index contributed by atoms with van der Waals surface area (Å²) in [5, 5.41) is 19.7. The first kappa shape index (κ1) is 17.8. The Labute approximate surface area is 167 Å². The van der Waals surface area contributed by atoms with Gasteiger partial charge in [0.1, 0.15) is 17.0 Å². The summed E-state index contributed by atoms with van der Waals surface area (Å²) in [6.45, 7) is 2.39. The smallest absolute Gasteiger partial charge is 0.183 e. The number of furan rings is 1. The fourth-order valence-corrected chi connectivity index (χ4v) is 3.93. The fraction of sp³-hybridized carbons (Fsp3) is 0.286. The third-order valence-electron chi connectivity index (χ3n) is 5.41. The van der Waals surface area contributed by atoms with Gasteiger partial charge in [0.25, 0.3) is 0 Å². The zero-order valence-corrected chi connectivity index (χ0v) is 16.0. The molecule has 0 amide bonds. The maximum atomic E-state index is 10.8. The predicted octanol–water partition coefficient (Wildman–Crippen LogP) is 3.67. The van der Waals surface area contributed by atoms with Gasteiger partial charge in [-0.25, -0.2) is 4.98 Å². The van der Waals surface area contributed by atoms with Gasteiger partial charge in [-0.15, -0.1) is 10.2 Å². The molecule has 0 saturated carbocycles. The molecule has 0 radical (unpaired) electrons. The van der Waals surface area contributed by atoms with E-state index in [0.29, 0.717) is 34.8 Å². The van der Waals surface area contributed by atoms with Gasteiger partial charge in [-0.05, 0) is 30.7 Å². The van der Waals surface area contributed by atoms with Gasteiger partial charge in [0.15, 0.2) is 17.3 Å². The number of aromatic hydroxyl groups is 1. The van der Waals surface area contributed by atoms with E-state index < -0.39 is 0 Å². The van der Waals surface area contributed by atoms with Gasteiger partial charge >= 0.3 is 0 Å². The van der Waals surface area contributed by atoms with E-state index in [4.69, 9.17) is 14.9 Å². The fourth-order valence-electron chi connectivity index (χ4n) is 3.93. The lowest BCUT2D eigenvalue weighted by Crippen LogP contribution is -2.26. The predicted molar refractivity (Wildman–Crippen MR) is 109 cm³/mol. The highest BCUT2D eigenvalue weighted by molar-refractivity contribution is 5.94. The lowest BCUT2D eigenvalue weighted by Gasteiger charge is -2.17. The summed E-state index contributed by atoms with van der Waals surface area (Å²) >= 11 is 0. The van der Waals surface area contributed by atoms with Crippen LogP contribution in [0, 0.1) is 0 Å². The van der Waals surface area contributed by atoms with Crippen LogP contribution in [0.1, 0.15) is 23.3 Å². The Hall–Kier alpha value is -3.23. The van der Waals surface area contributed by atoms with Crippen molar-refractivity contribution < 1.29 is 14.3 Å². The molecule has 29 heavy (non-hydrogen) atoms. The maximum absolute atomic E-state index is 10.8. The second-order valence-corrected chi connectivity index (χ2v) is 7.33. The summed E-state index contributed by atoms with van der Waals surface area (Å²) in [7, 11) is 1.63. The zero-order chi connectivity index (χ0) is 20.0. The van der Waals surface area contributed by atoms with Crippen LogP contribution in [0.15, 0.2) is 45.1 Å². The van der Waals surface area contributed by atoms with Crippen molar-refractivity contribution in [2.45, 2.75) is 19.0 Å². The van der Waals surface area contributed by atoms with Crippen molar-refractivity contribution in [1.29, 1.82) is 0 Å². The minimum Gasteiger partial charge on any atom is -0.504 e. The molecule has 8 heteroatoms. The molecule has 0 bridgehead atoms. The van der Waals surface area contributed by atoms with Crippen LogP contribution in [0.5, 0.6) is 11.5 Å². The number of benzene rings is 1. The van der Waals surface area contributed by atoms with Crippen LogP contribution in [-0.4, -0.2) is 41.2 Å². The molecule has 3 N–H and O–H groups in total. The van der Waals surface area contributed by atoms with Gasteiger partial charge in [-0.3, -0.25) is 4.90 Å². The Kier molecular flexibility index (Phi) is 4.30. The number of rotatable bonds is 4. The van der Waals surface area contributed by atoms with Crippen LogP contribution in [0.4, 0.5) is 5.82 Å². The van der Waals surface area contributed by atoms with E-state index in [2.05, 4.69) is 20.1 Å². The number of likely N-dealkylation sites (tertiary alicyclic amines) is 1. The van der Waals surface area contributed by atoms with Gasteiger partial charge in [0.2, 0.25) is 0 Å². The number of methoxy groups -OCH3 is 1. The minimum absolute atomic E-state index is 0.0714. The Morgan fingerprint density at radius 2 is 2.24 bits per heavy atom.